The molecule has 0 atom stereocenters. The number of rotatable bonds is 4. The van der Waals surface area contributed by atoms with Gasteiger partial charge in [-0.3, -0.25) is 4.79 Å². The molecule has 0 saturated carbocycles. The first-order valence-electron chi connectivity index (χ1n) is 5.98. The lowest BCUT2D eigenvalue weighted by Crippen LogP contribution is -2.23. The van der Waals surface area contributed by atoms with Crippen molar-refractivity contribution in [3.63, 3.8) is 0 Å². The molecule has 1 aromatic carbocycles. The summed E-state index contributed by atoms with van der Waals surface area (Å²) in [6, 6.07) is 4.79. The van der Waals surface area contributed by atoms with E-state index in [0.29, 0.717) is 0 Å². The number of hydrogen-bond donors (Lipinski definition) is 3. The SMILES string of the molecule is Cc1oc(CNC(=O)c2c(O)cccc2F)cc1C(=O)O. The van der Waals surface area contributed by atoms with Crippen molar-refractivity contribution in [1.82, 2.24) is 5.32 Å². The zero-order valence-corrected chi connectivity index (χ0v) is 11.0. The predicted molar refractivity (Wildman–Crippen MR) is 69.6 cm³/mol. The molecule has 0 unspecified atom stereocenters. The summed E-state index contributed by atoms with van der Waals surface area (Å²) in [7, 11) is 0. The van der Waals surface area contributed by atoms with Gasteiger partial charge in [0.1, 0.15) is 34.2 Å². The second-order valence-corrected chi connectivity index (χ2v) is 4.30. The number of aryl methyl sites for hydroxylation is 1. The fourth-order valence-electron chi connectivity index (χ4n) is 1.84. The third kappa shape index (κ3) is 3.02. The minimum atomic E-state index is -1.14. The maximum absolute atomic E-state index is 13.5. The average molecular weight is 293 g/mol. The van der Waals surface area contributed by atoms with Gasteiger partial charge in [-0.25, -0.2) is 9.18 Å². The van der Waals surface area contributed by atoms with Gasteiger partial charge >= 0.3 is 5.97 Å². The van der Waals surface area contributed by atoms with E-state index in [1.54, 1.807) is 0 Å². The Labute approximate surface area is 118 Å². The van der Waals surface area contributed by atoms with Crippen molar-refractivity contribution in [3.8, 4) is 5.75 Å². The summed E-state index contributed by atoms with van der Waals surface area (Å²) in [4.78, 5) is 22.7. The molecule has 1 heterocycles. The highest BCUT2D eigenvalue weighted by atomic mass is 19.1. The molecule has 0 aliphatic rings. The zero-order valence-electron chi connectivity index (χ0n) is 11.0. The molecule has 0 fully saturated rings. The molecule has 1 aromatic heterocycles. The molecule has 1 amide bonds. The van der Waals surface area contributed by atoms with Gasteiger partial charge < -0.3 is 19.9 Å². The molecule has 2 aromatic rings. The van der Waals surface area contributed by atoms with Crippen LogP contribution in [-0.2, 0) is 6.54 Å². The first-order valence-corrected chi connectivity index (χ1v) is 5.98. The van der Waals surface area contributed by atoms with E-state index in [1.165, 1.54) is 25.1 Å². The van der Waals surface area contributed by atoms with Crippen molar-refractivity contribution in [1.29, 1.82) is 0 Å². The Morgan fingerprint density at radius 3 is 2.67 bits per heavy atom. The Balaban J connectivity index is 2.11. The normalized spacial score (nSPS) is 10.4. The van der Waals surface area contributed by atoms with Crippen LogP contribution >= 0.6 is 0 Å². The van der Waals surface area contributed by atoms with Crippen LogP contribution < -0.4 is 5.32 Å². The number of carbonyl (C=O) groups is 2. The van der Waals surface area contributed by atoms with Gasteiger partial charge in [-0.15, -0.1) is 0 Å². The topological polar surface area (TPSA) is 99.8 Å². The van der Waals surface area contributed by atoms with Gasteiger partial charge in [0.2, 0.25) is 0 Å². The predicted octanol–water partition coefficient (Wildman–Crippen LogP) is 2.06. The number of carboxylic acid groups (broad SMARTS) is 1. The Bertz CT molecular complexity index is 687. The number of halogens is 1. The van der Waals surface area contributed by atoms with E-state index in [9.17, 15) is 19.1 Å². The van der Waals surface area contributed by atoms with Crippen LogP contribution in [0.5, 0.6) is 5.75 Å². The first-order chi connectivity index (χ1) is 9.90. The maximum atomic E-state index is 13.5. The smallest absolute Gasteiger partial charge is 0.339 e. The highest BCUT2D eigenvalue weighted by Gasteiger charge is 2.18. The van der Waals surface area contributed by atoms with Crippen LogP contribution in [-0.4, -0.2) is 22.1 Å². The molecule has 0 aliphatic carbocycles. The van der Waals surface area contributed by atoms with Gasteiger partial charge in [0.15, 0.2) is 0 Å². The largest absolute Gasteiger partial charge is 0.507 e. The lowest BCUT2D eigenvalue weighted by molar-refractivity contribution is 0.0694. The fourth-order valence-corrected chi connectivity index (χ4v) is 1.84. The summed E-state index contributed by atoms with van der Waals surface area (Å²) >= 11 is 0. The lowest BCUT2D eigenvalue weighted by Gasteiger charge is -2.06. The minimum absolute atomic E-state index is 0.00649. The second kappa shape index (κ2) is 5.66. The zero-order chi connectivity index (χ0) is 15.6. The number of phenols is 1. The highest BCUT2D eigenvalue weighted by molar-refractivity contribution is 5.97. The number of aromatic carboxylic acids is 1. The van der Waals surface area contributed by atoms with Crippen LogP contribution in [0.4, 0.5) is 4.39 Å². The first kappa shape index (κ1) is 14.6. The van der Waals surface area contributed by atoms with Crippen LogP contribution in [0.25, 0.3) is 0 Å². The van der Waals surface area contributed by atoms with E-state index < -0.39 is 29.0 Å². The van der Waals surface area contributed by atoms with E-state index in [4.69, 9.17) is 9.52 Å². The highest BCUT2D eigenvalue weighted by Crippen LogP contribution is 2.20. The number of carbonyl (C=O) groups excluding carboxylic acids is 1. The summed E-state index contributed by atoms with van der Waals surface area (Å²) < 4.78 is 18.6. The van der Waals surface area contributed by atoms with Crippen molar-refractivity contribution in [2.24, 2.45) is 0 Å². The molecule has 6 nitrogen and oxygen atoms in total. The number of carboxylic acids is 1. The van der Waals surface area contributed by atoms with Crippen LogP contribution in [0.15, 0.2) is 28.7 Å². The van der Waals surface area contributed by atoms with Gasteiger partial charge in [-0.1, -0.05) is 6.07 Å². The van der Waals surface area contributed by atoms with Gasteiger partial charge in [-0.05, 0) is 25.1 Å². The van der Waals surface area contributed by atoms with Crippen molar-refractivity contribution in [2.75, 3.05) is 0 Å². The number of hydrogen-bond acceptors (Lipinski definition) is 4. The monoisotopic (exact) mass is 293 g/mol. The van der Waals surface area contributed by atoms with Gasteiger partial charge in [0.25, 0.3) is 5.91 Å². The summed E-state index contributed by atoms with van der Waals surface area (Å²) in [5, 5.41) is 20.7. The molecule has 7 heteroatoms. The summed E-state index contributed by atoms with van der Waals surface area (Å²) in [6.45, 7) is 1.36. The van der Waals surface area contributed by atoms with Crippen LogP contribution in [0.2, 0.25) is 0 Å². The number of furan rings is 1. The van der Waals surface area contributed by atoms with Gasteiger partial charge in [0.05, 0.1) is 6.54 Å². The number of amides is 1. The molecule has 0 saturated heterocycles. The number of aromatic hydroxyl groups is 1. The Hall–Kier alpha value is -2.83. The number of benzene rings is 1. The number of nitrogens with one attached hydrogen (secondary N) is 1. The molecule has 0 spiro atoms. The summed E-state index contributed by atoms with van der Waals surface area (Å²) in [5.41, 5.74) is -0.479. The minimum Gasteiger partial charge on any atom is -0.507 e. The standard InChI is InChI=1S/C14H12FNO5/c1-7-9(14(19)20)5-8(21-7)6-16-13(18)12-10(15)3-2-4-11(12)17/h2-5,17H,6H2,1H3,(H,16,18)(H,19,20). The molecular formula is C14H12FNO5. The average Bonchev–Trinajstić information content (AvgIpc) is 2.77. The van der Waals surface area contributed by atoms with Gasteiger partial charge in [-0.2, -0.15) is 0 Å². The maximum Gasteiger partial charge on any atom is 0.339 e. The molecule has 0 radical (unpaired) electrons. The van der Waals surface area contributed by atoms with Crippen LogP contribution in [0.3, 0.4) is 0 Å². The molecular weight excluding hydrogens is 281 g/mol. The van der Waals surface area contributed by atoms with Gasteiger partial charge in [0, 0.05) is 0 Å². The van der Waals surface area contributed by atoms with Crippen LogP contribution in [0, 0.1) is 12.7 Å². The quantitative estimate of drug-likeness (QED) is 0.801. The summed E-state index contributed by atoms with van der Waals surface area (Å²) in [6.07, 6.45) is 0. The molecule has 110 valence electrons. The Kier molecular flexibility index (Phi) is 3.93. The molecule has 3 N–H and O–H groups in total. The van der Waals surface area contributed by atoms with Crippen molar-refractivity contribution in [3.05, 3.63) is 52.7 Å². The third-order valence-corrected chi connectivity index (χ3v) is 2.84. The number of phenolic OH excluding ortho intramolecular Hbond substituents is 1. The van der Waals surface area contributed by atoms with Crippen LogP contribution in [0.1, 0.15) is 32.2 Å². The molecule has 21 heavy (non-hydrogen) atoms. The molecule has 2 rings (SSSR count). The van der Waals surface area contributed by atoms with Crippen molar-refractivity contribution in [2.45, 2.75) is 13.5 Å². The molecule has 0 aliphatic heterocycles. The van der Waals surface area contributed by atoms with Crippen molar-refractivity contribution < 1.29 is 28.6 Å². The van der Waals surface area contributed by atoms with E-state index in [-0.39, 0.29) is 23.6 Å². The van der Waals surface area contributed by atoms with E-state index in [2.05, 4.69) is 5.32 Å². The van der Waals surface area contributed by atoms with E-state index in [0.717, 1.165) is 6.07 Å². The fraction of sp³-hybridized carbons (Fsp3) is 0.143. The second-order valence-electron chi connectivity index (χ2n) is 4.30. The Morgan fingerprint density at radius 2 is 2.10 bits per heavy atom. The summed E-state index contributed by atoms with van der Waals surface area (Å²) in [5.74, 6) is -2.87. The van der Waals surface area contributed by atoms with Crippen molar-refractivity contribution >= 4 is 11.9 Å². The Morgan fingerprint density at radius 1 is 1.38 bits per heavy atom. The lowest BCUT2D eigenvalue weighted by atomic mass is 10.1. The van der Waals surface area contributed by atoms with E-state index in [1.807, 2.05) is 0 Å². The third-order valence-electron chi connectivity index (χ3n) is 2.84. The van der Waals surface area contributed by atoms with E-state index >= 15 is 0 Å². The molecule has 0 bridgehead atoms.